The summed E-state index contributed by atoms with van der Waals surface area (Å²) in [7, 11) is 0. The van der Waals surface area contributed by atoms with E-state index in [1.807, 2.05) is 0 Å². The van der Waals surface area contributed by atoms with Crippen molar-refractivity contribution in [3.05, 3.63) is 26.4 Å². The first-order valence-corrected chi connectivity index (χ1v) is 8.44. The van der Waals surface area contributed by atoms with Crippen LogP contribution >= 0.6 is 11.6 Å². The fourth-order valence-corrected chi connectivity index (χ4v) is 2.93. The third-order valence-corrected chi connectivity index (χ3v) is 4.16. The van der Waals surface area contributed by atoms with Crippen molar-refractivity contribution >= 4 is 22.6 Å². The van der Waals surface area contributed by atoms with Crippen molar-refractivity contribution in [2.45, 2.75) is 65.0 Å². The van der Waals surface area contributed by atoms with Crippen molar-refractivity contribution in [2.75, 3.05) is 0 Å². The smallest absolute Gasteiger partial charge is 0.278 e. The molecule has 0 saturated carbocycles. The van der Waals surface area contributed by atoms with E-state index < -0.39 is 0 Å². The summed E-state index contributed by atoms with van der Waals surface area (Å²) in [5, 5.41) is 8.93. The number of unbranched alkanes of at least 4 members (excludes halogenated alkanes) is 4. The molecule has 23 heavy (non-hydrogen) atoms. The molecule has 1 aromatic heterocycles. The zero-order valence-electron chi connectivity index (χ0n) is 13.3. The molecular formula is C16H21ClN4O2. The minimum Gasteiger partial charge on any atom is -0.278 e. The molecule has 2 rings (SSSR count). The summed E-state index contributed by atoms with van der Waals surface area (Å²) in [6, 6.07) is 2.07. The van der Waals surface area contributed by atoms with Gasteiger partial charge in [0, 0.05) is 25.9 Å². The zero-order valence-corrected chi connectivity index (χ0v) is 14.1. The van der Waals surface area contributed by atoms with Gasteiger partial charge in [-0.25, -0.2) is 9.79 Å². The van der Waals surface area contributed by atoms with Gasteiger partial charge in [0.05, 0.1) is 11.6 Å². The molecule has 124 valence electrons. The first-order chi connectivity index (χ1) is 11.1. The van der Waals surface area contributed by atoms with Gasteiger partial charge in [-0.2, -0.15) is 5.26 Å². The Hall–Kier alpha value is -1.87. The highest BCUT2D eigenvalue weighted by molar-refractivity contribution is 6.66. The van der Waals surface area contributed by atoms with E-state index in [0.717, 1.165) is 19.3 Å². The molecule has 2 heterocycles. The summed E-state index contributed by atoms with van der Waals surface area (Å²) in [6.07, 6.45) is 4.95. The maximum Gasteiger partial charge on any atom is 0.332 e. The highest BCUT2D eigenvalue weighted by Gasteiger charge is 2.24. The standard InChI is InChI=1S/C16H21ClN4O2/c1-2-3-6-9-20-14-12(11-13(17)19-14)15(22)21(16(20)23)10-7-4-5-8-18/h2-7,9-11H2,1H3. The van der Waals surface area contributed by atoms with Gasteiger partial charge >= 0.3 is 5.69 Å². The summed E-state index contributed by atoms with van der Waals surface area (Å²) in [5.41, 5.74) is -0.114. The van der Waals surface area contributed by atoms with Crippen LogP contribution < -0.4 is 11.2 Å². The molecule has 0 saturated heterocycles. The second kappa shape index (κ2) is 8.11. The van der Waals surface area contributed by atoms with Crippen molar-refractivity contribution in [2.24, 2.45) is 4.99 Å². The SMILES string of the molecule is CCCCCn1c2c(c(=O)n(CCCCC#N)c1=O)CC(Cl)=N2. The molecule has 0 atom stereocenters. The molecule has 0 fully saturated rings. The fraction of sp³-hybridized carbons (Fsp3) is 0.625. The van der Waals surface area contributed by atoms with Crippen LogP contribution in [-0.2, 0) is 19.5 Å². The molecule has 0 N–H and O–H groups in total. The van der Waals surface area contributed by atoms with Crippen molar-refractivity contribution in [3.63, 3.8) is 0 Å². The molecule has 0 spiro atoms. The number of rotatable bonds is 8. The predicted molar refractivity (Wildman–Crippen MR) is 90.6 cm³/mol. The molecule has 7 heteroatoms. The molecule has 1 aliphatic heterocycles. The van der Waals surface area contributed by atoms with Gasteiger partial charge in [0.1, 0.15) is 11.0 Å². The van der Waals surface area contributed by atoms with Gasteiger partial charge in [-0.05, 0) is 19.3 Å². The van der Waals surface area contributed by atoms with Gasteiger partial charge in [0.15, 0.2) is 0 Å². The number of fused-ring (bicyclic) bond motifs is 1. The van der Waals surface area contributed by atoms with Crippen LogP contribution in [0.2, 0.25) is 0 Å². The minimum absolute atomic E-state index is 0.294. The Morgan fingerprint density at radius 3 is 2.57 bits per heavy atom. The van der Waals surface area contributed by atoms with E-state index in [9.17, 15) is 9.59 Å². The van der Waals surface area contributed by atoms with Crippen molar-refractivity contribution in [1.29, 1.82) is 5.26 Å². The maximum absolute atomic E-state index is 12.7. The fourth-order valence-electron chi connectivity index (χ4n) is 2.72. The molecule has 0 aromatic carbocycles. The molecule has 0 radical (unpaired) electrons. The monoisotopic (exact) mass is 336 g/mol. The second-order valence-corrected chi connectivity index (χ2v) is 6.12. The van der Waals surface area contributed by atoms with Crippen LogP contribution in [0.5, 0.6) is 0 Å². The van der Waals surface area contributed by atoms with E-state index in [1.165, 1.54) is 4.57 Å². The van der Waals surface area contributed by atoms with Crippen LogP contribution in [-0.4, -0.2) is 14.3 Å². The number of aromatic nitrogens is 2. The van der Waals surface area contributed by atoms with E-state index in [2.05, 4.69) is 18.0 Å². The summed E-state index contributed by atoms with van der Waals surface area (Å²) < 4.78 is 2.85. The topological polar surface area (TPSA) is 80.1 Å². The first kappa shape index (κ1) is 17.5. The van der Waals surface area contributed by atoms with Gasteiger partial charge in [0.2, 0.25) is 0 Å². The summed E-state index contributed by atoms with van der Waals surface area (Å²) in [4.78, 5) is 29.4. The van der Waals surface area contributed by atoms with E-state index in [1.54, 1.807) is 4.57 Å². The first-order valence-electron chi connectivity index (χ1n) is 8.06. The van der Waals surface area contributed by atoms with E-state index in [0.29, 0.717) is 55.3 Å². The minimum atomic E-state index is -0.322. The average Bonchev–Trinajstić information content (AvgIpc) is 2.92. The summed E-state index contributed by atoms with van der Waals surface area (Å²) in [5.74, 6) is 0.425. The predicted octanol–water partition coefficient (Wildman–Crippen LogP) is 2.72. The molecule has 1 aromatic rings. The number of hydrogen-bond acceptors (Lipinski definition) is 4. The van der Waals surface area contributed by atoms with Gasteiger partial charge in [-0.1, -0.05) is 31.4 Å². The van der Waals surface area contributed by atoms with Gasteiger partial charge < -0.3 is 0 Å². The quantitative estimate of drug-likeness (QED) is 0.684. The molecule has 0 bridgehead atoms. The lowest BCUT2D eigenvalue weighted by molar-refractivity contribution is 0.508. The lowest BCUT2D eigenvalue weighted by Crippen LogP contribution is -2.41. The molecule has 6 nitrogen and oxygen atoms in total. The Morgan fingerprint density at radius 2 is 1.87 bits per heavy atom. The second-order valence-electron chi connectivity index (χ2n) is 5.68. The molecule has 0 aliphatic carbocycles. The van der Waals surface area contributed by atoms with Gasteiger partial charge in [-0.15, -0.1) is 0 Å². The third kappa shape index (κ3) is 3.91. The van der Waals surface area contributed by atoms with Crippen LogP contribution in [0.3, 0.4) is 0 Å². The molecule has 0 unspecified atom stereocenters. The highest BCUT2D eigenvalue weighted by atomic mass is 35.5. The number of halogens is 1. The molecular weight excluding hydrogens is 316 g/mol. The molecule has 0 amide bonds. The Labute approximate surface area is 140 Å². The number of nitrogens with zero attached hydrogens (tertiary/aromatic N) is 4. The van der Waals surface area contributed by atoms with Crippen LogP contribution in [0.1, 0.15) is 51.0 Å². The number of hydrogen-bond donors (Lipinski definition) is 0. The normalized spacial score (nSPS) is 12.8. The highest BCUT2D eigenvalue weighted by Crippen LogP contribution is 2.24. The maximum atomic E-state index is 12.7. The zero-order chi connectivity index (χ0) is 16.8. The lowest BCUT2D eigenvalue weighted by atomic mass is 10.2. The Kier molecular flexibility index (Phi) is 6.17. The Bertz CT molecular complexity index is 755. The van der Waals surface area contributed by atoms with E-state index in [-0.39, 0.29) is 11.2 Å². The van der Waals surface area contributed by atoms with E-state index in [4.69, 9.17) is 16.9 Å². The van der Waals surface area contributed by atoms with Crippen molar-refractivity contribution in [3.8, 4) is 6.07 Å². The van der Waals surface area contributed by atoms with E-state index >= 15 is 0 Å². The Balaban J connectivity index is 2.36. The average molecular weight is 337 g/mol. The van der Waals surface area contributed by atoms with Crippen LogP contribution in [0.4, 0.5) is 5.82 Å². The van der Waals surface area contributed by atoms with Gasteiger partial charge in [-0.3, -0.25) is 13.9 Å². The number of nitriles is 1. The van der Waals surface area contributed by atoms with Crippen LogP contribution in [0.25, 0.3) is 0 Å². The number of aliphatic imine (C=N–C) groups is 1. The molecule has 1 aliphatic rings. The van der Waals surface area contributed by atoms with Crippen molar-refractivity contribution < 1.29 is 0 Å². The van der Waals surface area contributed by atoms with Crippen LogP contribution in [0, 0.1) is 11.3 Å². The summed E-state index contributed by atoms with van der Waals surface area (Å²) in [6.45, 7) is 2.97. The van der Waals surface area contributed by atoms with Gasteiger partial charge in [0.25, 0.3) is 5.56 Å². The Morgan fingerprint density at radius 1 is 1.17 bits per heavy atom. The van der Waals surface area contributed by atoms with Crippen molar-refractivity contribution in [1.82, 2.24) is 9.13 Å². The summed E-state index contributed by atoms with van der Waals surface area (Å²) >= 11 is 5.98. The largest absolute Gasteiger partial charge is 0.332 e. The van der Waals surface area contributed by atoms with Crippen LogP contribution in [0.15, 0.2) is 14.6 Å². The lowest BCUT2D eigenvalue weighted by Gasteiger charge is -2.13. The third-order valence-electron chi connectivity index (χ3n) is 3.95.